The van der Waals surface area contributed by atoms with E-state index in [9.17, 15) is 5.11 Å². The van der Waals surface area contributed by atoms with Crippen LogP contribution in [0.2, 0.25) is 0 Å². The molecule has 2 bridgehead atoms. The number of aliphatic hydroxyl groups excluding tert-OH is 1. The van der Waals surface area contributed by atoms with Crippen molar-refractivity contribution in [2.24, 2.45) is 16.7 Å². The molecule has 0 amide bonds. The molecule has 1 heteroatoms. The molecule has 0 radical (unpaired) electrons. The normalized spacial score (nSPS) is 51.0. The number of aliphatic hydroxyl groups is 1. The zero-order valence-electron chi connectivity index (χ0n) is 8.43. The molecule has 0 saturated heterocycles. The third kappa shape index (κ3) is 1.10. The van der Waals surface area contributed by atoms with Crippen LogP contribution in [-0.4, -0.2) is 11.2 Å². The largest absolute Gasteiger partial charge is 0.393 e. The highest BCUT2D eigenvalue weighted by Gasteiger charge is 2.51. The summed E-state index contributed by atoms with van der Waals surface area (Å²) in [6.45, 7) is 6.96. The van der Waals surface area contributed by atoms with Gasteiger partial charge in [-0.15, -0.1) is 0 Å². The van der Waals surface area contributed by atoms with E-state index in [1.807, 2.05) is 0 Å². The van der Waals surface area contributed by atoms with Crippen molar-refractivity contribution in [2.75, 3.05) is 0 Å². The van der Waals surface area contributed by atoms with E-state index >= 15 is 0 Å². The van der Waals surface area contributed by atoms with Gasteiger partial charge in [0.1, 0.15) is 0 Å². The average Bonchev–Trinajstić information content (AvgIpc) is 2.20. The lowest BCUT2D eigenvalue weighted by Gasteiger charge is -2.40. The second-order valence-electron chi connectivity index (χ2n) is 5.88. The molecule has 0 aromatic carbocycles. The molecule has 2 fully saturated rings. The summed E-state index contributed by atoms with van der Waals surface area (Å²) in [4.78, 5) is 0. The lowest BCUT2D eigenvalue weighted by Crippen LogP contribution is -2.33. The molecule has 0 heterocycles. The number of fused-ring (bicyclic) bond motifs is 2. The lowest BCUT2D eigenvalue weighted by molar-refractivity contribution is 0.0440. The van der Waals surface area contributed by atoms with Crippen molar-refractivity contribution in [3.8, 4) is 0 Å². The Bertz CT molecular complexity index is 197. The summed E-state index contributed by atoms with van der Waals surface area (Å²) in [6, 6.07) is 0. The predicted molar refractivity (Wildman–Crippen MR) is 49.9 cm³/mol. The van der Waals surface area contributed by atoms with Gasteiger partial charge >= 0.3 is 0 Å². The molecule has 0 unspecified atom stereocenters. The van der Waals surface area contributed by atoms with Crippen LogP contribution in [-0.2, 0) is 0 Å². The maximum atomic E-state index is 9.90. The van der Waals surface area contributed by atoms with Crippen molar-refractivity contribution in [1.29, 1.82) is 0 Å². The van der Waals surface area contributed by atoms with E-state index in [0.717, 1.165) is 6.42 Å². The van der Waals surface area contributed by atoms with Crippen LogP contribution in [0.5, 0.6) is 0 Å². The number of hydrogen-bond donors (Lipinski definition) is 1. The van der Waals surface area contributed by atoms with Gasteiger partial charge in [-0.3, -0.25) is 0 Å². The van der Waals surface area contributed by atoms with Crippen molar-refractivity contribution in [3.63, 3.8) is 0 Å². The first kappa shape index (κ1) is 8.55. The van der Waals surface area contributed by atoms with Gasteiger partial charge in [0.25, 0.3) is 0 Å². The first-order valence-electron chi connectivity index (χ1n) is 5.11. The van der Waals surface area contributed by atoms with Gasteiger partial charge in [0.05, 0.1) is 6.10 Å². The Balaban J connectivity index is 2.25. The highest BCUT2D eigenvalue weighted by Crippen LogP contribution is 2.58. The van der Waals surface area contributed by atoms with Crippen LogP contribution in [0.3, 0.4) is 0 Å². The third-order valence-corrected chi connectivity index (χ3v) is 4.26. The van der Waals surface area contributed by atoms with E-state index in [1.165, 1.54) is 19.3 Å². The molecule has 2 rings (SSSR count). The Labute approximate surface area is 75.2 Å². The van der Waals surface area contributed by atoms with Gasteiger partial charge < -0.3 is 5.11 Å². The van der Waals surface area contributed by atoms with E-state index < -0.39 is 0 Å². The minimum atomic E-state index is -0.0208. The van der Waals surface area contributed by atoms with E-state index in [2.05, 4.69) is 20.8 Å². The fraction of sp³-hybridized carbons (Fsp3) is 1.00. The summed E-state index contributed by atoms with van der Waals surface area (Å²) in [5.74, 6) is 0.566. The van der Waals surface area contributed by atoms with Gasteiger partial charge in [0.15, 0.2) is 0 Å². The predicted octanol–water partition coefficient (Wildman–Crippen LogP) is 2.58. The Kier molecular flexibility index (Phi) is 1.61. The molecule has 0 spiro atoms. The van der Waals surface area contributed by atoms with Crippen molar-refractivity contribution in [1.82, 2.24) is 0 Å². The van der Waals surface area contributed by atoms with Gasteiger partial charge in [-0.1, -0.05) is 20.8 Å². The van der Waals surface area contributed by atoms with Crippen molar-refractivity contribution in [3.05, 3.63) is 0 Å². The topological polar surface area (TPSA) is 20.2 Å². The minimum Gasteiger partial charge on any atom is -0.393 e. The smallest absolute Gasteiger partial charge is 0.0578 e. The molecular weight excluding hydrogens is 148 g/mol. The van der Waals surface area contributed by atoms with Gasteiger partial charge in [-0.25, -0.2) is 0 Å². The summed E-state index contributed by atoms with van der Waals surface area (Å²) < 4.78 is 0. The lowest BCUT2D eigenvalue weighted by atomic mass is 9.65. The first-order valence-corrected chi connectivity index (χ1v) is 5.11. The molecule has 12 heavy (non-hydrogen) atoms. The Morgan fingerprint density at radius 3 is 2.33 bits per heavy atom. The fourth-order valence-electron chi connectivity index (χ4n) is 3.21. The summed E-state index contributed by atoms with van der Waals surface area (Å²) >= 11 is 0. The zero-order valence-corrected chi connectivity index (χ0v) is 8.43. The SMILES string of the molecule is CC1(C)CC[C@@]2(C)C[C@@H](O)[C@@H]1C2. The van der Waals surface area contributed by atoms with Crippen LogP contribution in [0.1, 0.15) is 46.5 Å². The standard InChI is InChI=1S/C11H20O/c1-10(2)4-5-11(3)6-8(10)9(12)7-11/h8-9,12H,4-7H2,1-3H3/t8-,9+,11+/m0/s1. The van der Waals surface area contributed by atoms with Crippen LogP contribution in [0, 0.1) is 16.7 Å². The van der Waals surface area contributed by atoms with Crippen LogP contribution in [0.4, 0.5) is 0 Å². The Morgan fingerprint density at radius 2 is 1.75 bits per heavy atom. The fourth-order valence-corrected chi connectivity index (χ4v) is 3.21. The second kappa shape index (κ2) is 2.25. The van der Waals surface area contributed by atoms with Crippen LogP contribution in [0.25, 0.3) is 0 Å². The van der Waals surface area contributed by atoms with E-state index in [4.69, 9.17) is 0 Å². The van der Waals surface area contributed by atoms with E-state index in [0.29, 0.717) is 16.7 Å². The average molecular weight is 168 g/mol. The van der Waals surface area contributed by atoms with Gasteiger partial charge in [0.2, 0.25) is 0 Å². The highest BCUT2D eigenvalue weighted by molar-refractivity contribution is 5.02. The molecule has 2 aliphatic rings. The molecule has 0 aliphatic heterocycles. The van der Waals surface area contributed by atoms with Gasteiger partial charge in [-0.2, -0.15) is 0 Å². The Morgan fingerprint density at radius 1 is 1.08 bits per heavy atom. The number of rotatable bonds is 0. The summed E-state index contributed by atoms with van der Waals surface area (Å²) in [5, 5.41) is 9.90. The summed E-state index contributed by atoms with van der Waals surface area (Å²) in [7, 11) is 0. The van der Waals surface area contributed by atoms with Crippen molar-refractivity contribution < 1.29 is 5.11 Å². The van der Waals surface area contributed by atoms with E-state index in [-0.39, 0.29) is 6.10 Å². The quantitative estimate of drug-likeness (QED) is 0.589. The summed E-state index contributed by atoms with van der Waals surface area (Å²) in [5.41, 5.74) is 0.856. The molecule has 1 nitrogen and oxygen atoms in total. The molecule has 70 valence electrons. The Hall–Kier alpha value is -0.0400. The zero-order chi connectivity index (χ0) is 8.98. The maximum Gasteiger partial charge on any atom is 0.0578 e. The molecule has 3 atom stereocenters. The molecule has 0 aromatic rings. The van der Waals surface area contributed by atoms with E-state index in [1.54, 1.807) is 0 Å². The maximum absolute atomic E-state index is 9.90. The van der Waals surface area contributed by atoms with Gasteiger partial charge in [-0.05, 0) is 42.4 Å². The van der Waals surface area contributed by atoms with Crippen LogP contribution in [0.15, 0.2) is 0 Å². The van der Waals surface area contributed by atoms with Gasteiger partial charge in [0, 0.05) is 0 Å². The molecule has 2 aliphatic carbocycles. The third-order valence-electron chi connectivity index (χ3n) is 4.26. The van der Waals surface area contributed by atoms with Crippen molar-refractivity contribution in [2.45, 2.75) is 52.6 Å². The molecular formula is C11H20O. The highest BCUT2D eigenvalue weighted by atomic mass is 16.3. The minimum absolute atomic E-state index is 0.0208. The molecule has 2 saturated carbocycles. The molecule has 0 aromatic heterocycles. The van der Waals surface area contributed by atoms with Crippen LogP contribution >= 0.6 is 0 Å². The molecule has 1 N–H and O–H groups in total. The first-order chi connectivity index (χ1) is 5.43. The van der Waals surface area contributed by atoms with Crippen molar-refractivity contribution >= 4 is 0 Å². The second-order valence-corrected chi connectivity index (χ2v) is 5.88. The number of hydrogen-bond acceptors (Lipinski definition) is 1. The summed E-state index contributed by atoms with van der Waals surface area (Å²) in [6.07, 6.45) is 4.88. The van der Waals surface area contributed by atoms with Crippen LogP contribution < -0.4 is 0 Å². The monoisotopic (exact) mass is 168 g/mol.